The predicted molar refractivity (Wildman–Crippen MR) is 118 cm³/mol. The Morgan fingerprint density at radius 1 is 0.931 bits per heavy atom. The van der Waals surface area contributed by atoms with E-state index in [2.05, 4.69) is 15.5 Å². The molecule has 0 amide bonds. The molecular formula is C23H17N3O2S. The molecule has 6 heteroatoms. The zero-order valence-corrected chi connectivity index (χ0v) is 16.1. The van der Waals surface area contributed by atoms with Crippen molar-refractivity contribution in [3.05, 3.63) is 95.4 Å². The molecule has 1 heterocycles. The van der Waals surface area contributed by atoms with E-state index in [0.717, 1.165) is 27.9 Å². The fraction of sp³-hybridized carbons (Fsp3) is 0. The second-order valence-electron chi connectivity index (χ2n) is 6.29. The molecule has 0 spiro atoms. The van der Waals surface area contributed by atoms with Gasteiger partial charge in [-0.25, -0.2) is 9.78 Å². The molecule has 0 saturated heterocycles. The molecule has 0 radical (unpaired) electrons. The molecule has 5 nitrogen and oxygen atoms in total. The lowest BCUT2D eigenvalue weighted by Gasteiger charge is -2.04. The monoisotopic (exact) mass is 399 g/mol. The molecule has 29 heavy (non-hydrogen) atoms. The zero-order chi connectivity index (χ0) is 20.1. The molecule has 1 aromatic heterocycles. The average Bonchev–Trinajstić information content (AvgIpc) is 3.24. The van der Waals surface area contributed by atoms with E-state index in [1.165, 1.54) is 11.3 Å². The first-order valence-corrected chi connectivity index (χ1v) is 9.81. The number of hydrogen-bond acceptors (Lipinski definition) is 5. The Kier molecular flexibility index (Phi) is 5.45. The number of rotatable bonds is 6. The van der Waals surface area contributed by atoms with Crippen LogP contribution in [0.5, 0.6) is 0 Å². The summed E-state index contributed by atoms with van der Waals surface area (Å²) in [4.78, 5) is 15.7. The Morgan fingerprint density at radius 2 is 1.66 bits per heavy atom. The number of carboxylic acids is 1. The third-order valence-corrected chi connectivity index (χ3v) is 5.02. The number of hydrogen-bond donors (Lipinski definition) is 2. The first kappa shape index (κ1) is 18.6. The second-order valence-corrected chi connectivity index (χ2v) is 7.14. The van der Waals surface area contributed by atoms with Crippen molar-refractivity contribution in [2.75, 3.05) is 5.43 Å². The van der Waals surface area contributed by atoms with Crippen molar-refractivity contribution in [2.45, 2.75) is 0 Å². The molecule has 0 bridgehead atoms. The highest BCUT2D eigenvalue weighted by Gasteiger charge is 2.05. The van der Waals surface area contributed by atoms with E-state index in [1.54, 1.807) is 24.4 Å². The van der Waals surface area contributed by atoms with E-state index in [4.69, 9.17) is 0 Å². The maximum atomic E-state index is 11.2. The summed E-state index contributed by atoms with van der Waals surface area (Å²) in [5.41, 5.74) is 7.88. The Labute approximate surface area is 172 Å². The first-order chi connectivity index (χ1) is 14.2. The summed E-state index contributed by atoms with van der Waals surface area (Å²) in [5, 5.41) is 16.2. The van der Waals surface area contributed by atoms with Crippen molar-refractivity contribution in [3.8, 4) is 22.4 Å². The van der Waals surface area contributed by atoms with Gasteiger partial charge in [-0.1, -0.05) is 60.7 Å². The molecule has 4 rings (SSSR count). The van der Waals surface area contributed by atoms with Crippen LogP contribution in [0.2, 0.25) is 0 Å². The highest BCUT2D eigenvalue weighted by atomic mass is 32.1. The molecule has 142 valence electrons. The van der Waals surface area contributed by atoms with Crippen molar-refractivity contribution >= 4 is 28.7 Å². The molecule has 0 saturated carbocycles. The van der Waals surface area contributed by atoms with Gasteiger partial charge in [-0.2, -0.15) is 5.10 Å². The van der Waals surface area contributed by atoms with Gasteiger partial charge in [0.05, 0.1) is 17.5 Å². The minimum atomic E-state index is -0.938. The Balaban J connectivity index is 1.47. The average molecular weight is 399 g/mol. The first-order valence-electron chi connectivity index (χ1n) is 8.93. The van der Waals surface area contributed by atoms with Gasteiger partial charge in [0.25, 0.3) is 0 Å². The highest BCUT2D eigenvalue weighted by molar-refractivity contribution is 7.14. The van der Waals surface area contributed by atoms with Crippen molar-refractivity contribution in [2.24, 2.45) is 5.10 Å². The van der Waals surface area contributed by atoms with E-state index in [1.807, 2.05) is 66.0 Å². The summed E-state index contributed by atoms with van der Waals surface area (Å²) in [7, 11) is 0. The largest absolute Gasteiger partial charge is 0.478 e. The highest BCUT2D eigenvalue weighted by Crippen LogP contribution is 2.25. The molecule has 0 aliphatic carbocycles. The van der Waals surface area contributed by atoms with Gasteiger partial charge >= 0.3 is 5.97 Å². The van der Waals surface area contributed by atoms with E-state index >= 15 is 0 Å². The van der Waals surface area contributed by atoms with Crippen molar-refractivity contribution in [1.82, 2.24) is 4.98 Å². The van der Waals surface area contributed by atoms with Crippen molar-refractivity contribution in [3.63, 3.8) is 0 Å². The number of carbonyl (C=O) groups is 1. The molecule has 3 aromatic carbocycles. The normalized spacial score (nSPS) is 10.9. The smallest absolute Gasteiger partial charge is 0.335 e. The third-order valence-electron chi connectivity index (χ3n) is 4.28. The predicted octanol–water partition coefficient (Wildman–Crippen LogP) is 5.62. The number of anilines is 1. The standard InChI is InChI=1S/C23H17N3O2S/c27-22(28)20-11-5-10-19(13-20)18-9-4-6-16(12-18)14-24-26-23-25-21(15-29-23)17-7-2-1-3-8-17/h1-15H,(H,25,26)(H,27,28). The number of aromatic carboxylic acids is 1. The fourth-order valence-electron chi connectivity index (χ4n) is 2.86. The third kappa shape index (κ3) is 4.56. The van der Waals surface area contributed by atoms with Gasteiger partial charge in [0, 0.05) is 10.9 Å². The molecule has 0 atom stereocenters. The van der Waals surface area contributed by atoms with Crippen LogP contribution in [0.15, 0.2) is 89.3 Å². The number of hydrazone groups is 1. The van der Waals surface area contributed by atoms with Gasteiger partial charge < -0.3 is 5.11 Å². The number of thiazole rings is 1. The van der Waals surface area contributed by atoms with Crippen LogP contribution < -0.4 is 5.43 Å². The van der Waals surface area contributed by atoms with Crippen molar-refractivity contribution < 1.29 is 9.90 Å². The number of aromatic nitrogens is 1. The van der Waals surface area contributed by atoms with Gasteiger partial charge in [-0.15, -0.1) is 11.3 Å². The lowest BCUT2D eigenvalue weighted by atomic mass is 10.0. The molecule has 0 aliphatic heterocycles. The second kappa shape index (κ2) is 8.50. The van der Waals surface area contributed by atoms with Gasteiger partial charge in [0.15, 0.2) is 0 Å². The van der Waals surface area contributed by atoms with Crippen LogP contribution in [0.4, 0.5) is 5.13 Å². The minimum Gasteiger partial charge on any atom is -0.478 e. The molecular weight excluding hydrogens is 382 g/mol. The summed E-state index contributed by atoms with van der Waals surface area (Å²) >= 11 is 1.49. The Bertz CT molecular complexity index is 1170. The Hall–Kier alpha value is -3.77. The van der Waals surface area contributed by atoms with Gasteiger partial charge in [0.2, 0.25) is 5.13 Å². The number of benzene rings is 3. The van der Waals surface area contributed by atoms with Gasteiger partial charge in [-0.3, -0.25) is 5.43 Å². The summed E-state index contributed by atoms with van der Waals surface area (Å²) in [6.45, 7) is 0. The molecule has 2 N–H and O–H groups in total. The molecule has 4 aromatic rings. The van der Waals surface area contributed by atoms with E-state index < -0.39 is 5.97 Å². The maximum Gasteiger partial charge on any atom is 0.335 e. The van der Waals surface area contributed by atoms with E-state index in [-0.39, 0.29) is 5.56 Å². The summed E-state index contributed by atoms with van der Waals surface area (Å²) in [5.74, 6) is -0.938. The quantitative estimate of drug-likeness (QED) is 0.326. The Morgan fingerprint density at radius 3 is 2.45 bits per heavy atom. The maximum absolute atomic E-state index is 11.2. The summed E-state index contributed by atoms with van der Waals surface area (Å²) < 4.78 is 0. The molecule has 0 fully saturated rings. The summed E-state index contributed by atoms with van der Waals surface area (Å²) in [6, 6.07) is 24.6. The van der Waals surface area contributed by atoms with E-state index in [0.29, 0.717) is 5.13 Å². The van der Waals surface area contributed by atoms with Crippen LogP contribution in [-0.2, 0) is 0 Å². The van der Waals surface area contributed by atoms with Crippen LogP contribution in [0.3, 0.4) is 0 Å². The van der Waals surface area contributed by atoms with Gasteiger partial charge in [-0.05, 0) is 34.9 Å². The topological polar surface area (TPSA) is 74.6 Å². The van der Waals surface area contributed by atoms with Gasteiger partial charge in [0.1, 0.15) is 0 Å². The number of carboxylic acid groups (broad SMARTS) is 1. The van der Waals surface area contributed by atoms with Crippen LogP contribution in [0.25, 0.3) is 22.4 Å². The lowest BCUT2D eigenvalue weighted by molar-refractivity contribution is 0.0697. The van der Waals surface area contributed by atoms with Crippen LogP contribution >= 0.6 is 11.3 Å². The van der Waals surface area contributed by atoms with E-state index in [9.17, 15) is 9.90 Å². The fourth-order valence-corrected chi connectivity index (χ4v) is 3.53. The summed E-state index contributed by atoms with van der Waals surface area (Å²) in [6.07, 6.45) is 1.72. The molecule has 0 unspecified atom stereocenters. The number of nitrogens with one attached hydrogen (secondary N) is 1. The van der Waals surface area contributed by atoms with Crippen molar-refractivity contribution in [1.29, 1.82) is 0 Å². The number of nitrogens with zero attached hydrogens (tertiary/aromatic N) is 2. The minimum absolute atomic E-state index is 0.265. The zero-order valence-electron chi connectivity index (χ0n) is 15.3. The van der Waals surface area contributed by atoms with Crippen LogP contribution in [0.1, 0.15) is 15.9 Å². The SMILES string of the molecule is O=C(O)c1cccc(-c2cccc(C=NNc3nc(-c4ccccc4)cs3)c2)c1. The molecule has 0 aliphatic rings. The van der Waals surface area contributed by atoms with Crippen LogP contribution in [0, 0.1) is 0 Å². The lowest BCUT2D eigenvalue weighted by Crippen LogP contribution is -1.96. The van der Waals surface area contributed by atoms with Crippen LogP contribution in [-0.4, -0.2) is 22.3 Å².